The fourth-order valence-corrected chi connectivity index (χ4v) is 3.66. The van der Waals surface area contributed by atoms with Crippen LogP contribution in [0.5, 0.6) is 5.75 Å². The minimum absolute atomic E-state index is 0.0773. The molecule has 2 aromatic carbocycles. The number of benzene rings is 2. The van der Waals surface area contributed by atoms with Gasteiger partial charge < -0.3 is 10.1 Å². The van der Waals surface area contributed by atoms with Crippen LogP contribution in [0.1, 0.15) is 23.9 Å². The molecule has 0 radical (unpaired) electrons. The number of carbonyl (C=O) groups excluding carboxylic acids is 1. The predicted molar refractivity (Wildman–Crippen MR) is 121 cm³/mol. The molecule has 0 spiro atoms. The van der Waals surface area contributed by atoms with E-state index < -0.39 is 0 Å². The topological polar surface area (TPSA) is 69.0 Å². The minimum Gasteiger partial charge on any atom is -0.486 e. The summed E-state index contributed by atoms with van der Waals surface area (Å²) in [5.74, 6) is 1.63. The number of hydrogen-bond donors (Lipinski definition) is 1. The Kier molecular flexibility index (Phi) is 7.68. The molecule has 0 fully saturated rings. The Morgan fingerprint density at radius 2 is 1.97 bits per heavy atom. The maximum absolute atomic E-state index is 12.4. The number of ether oxygens (including phenoxy) is 1. The number of aryl methyl sites for hydroxylation is 2. The van der Waals surface area contributed by atoms with E-state index in [0.29, 0.717) is 24.1 Å². The summed E-state index contributed by atoms with van der Waals surface area (Å²) in [6, 6.07) is 15.7. The largest absolute Gasteiger partial charge is 0.486 e. The number of nitrogens with zero attached hydrogens (tertiary/aromatic N) is 3. The first-order valence-electron chi connectivity index (χ1n) is 9.83. The van der Waals surface area contributed by atoms with E-state index in [0.717, 1.165) is 23.4 Å². The van der Waals surface area contributed by atoms with Gasteiger partial charge in [-0.25, -0.2) is 0 Å². The van der Waals surface area contributed by atoms with Crippen LogP contribution >= 0.6 is 11.8 Å². The number of nitrogens with one attached hydrogen (secondary N) is 1. The summed E-state index contributed by atoms with van der Waals surface area (Å²) in [6.45, 7) is 8.75. The molecular weight excluding hydrogens is 396 g/mol. The first-order valence-corrected chi connectivity index (χ1v) is 10.8. The minimum atomic E-state index is -0.0773. The van der Waals surface area contributed by atoms with Gasteiger partial charge in [-0.3, -0.25) is 9.36 Å². The Morgan fingerprint density at radius 3 is 2.70 bits per heavy atom. The van der Waals surface area contributed by atoms with Gasteiger partial charge in [0.05, 0.1) is 5.75 Å². The molecular formula is C23H26N4O2S. The monoisotopic (exact) mass is 422 g/mol. The zero-order valence-corrected chi connectivity index (χ0v) is 18.1. The zero-order chi connectivity index (χ0) is 21.3. The summed E-state index contributed by atoms with van der Waals surface area (Å²) < 4.78 is 7.75. The van der Waals surface area contributed by atoms with Crippen LogP contribution in [-0.4, -0.2) is 26.4 Å². The second-order valence-corrected chi connectivity index (χ2v) is 7.69. The van der Waals surface area contributed by atoms with E-state index in [4.69, 9.17) is 4.74 Å². The van der Waals surface area contributed by atoms with Crippen molar-refractivity contribution in [1.82, 2.24) is 14.8 Å². The molecule has 3 rings (SSSR count). The molecule has 0 aliphatic carbocycles. The Labute approximate surface area is 181 Å². The molecule has 1 aromatic heterocycles. The van der Waals surface area contributed by atoms with Gasteiger partial charge in [-0.05, 0) is 37.1 Å². The maximum Gasteiger partial charge on any atom is 0.234 e. The van der Waals surface area contributed by atoms with Crippen LogP contribution in [0, 0.1) is 6.92 Å². The molecule has 7 heteroatoms. The third-order valence-electron chi connectivity index (χ3n) is 4.50. The molecule has 0 bridgehead atoms. The average molecular weight is 423 g/mol. The van der Waals surface area contributed by atoms with Crippen LogP contribution < -0.4 is 10.1 Å². The molecule has 0 aliphatic heterocycles. The van der Waals surface area contributed by atoms with Gasteiger partial charge in [0.25, 0.3) is 0 Å². The van der Waals surface area contributed by atoms with Crippen molar-refractivity contribution in [1.29, 1.82) is 0 Å². The summed E-state index contributed by atoms with van der Waals surface area (Å²) in [6.07, 6.45) is 2.64. The van der Waals surface area contributed by atoms with Crippen LogP contribution in [0.2, 0.25) is 0 Å². The number of aromatic nitrogens is 3. The van der Waals surface area contributed by atoms with Crippen molar-refractivity contribution in [2.24, 2.45) is 0 Å². The average Bonchev–Trinajstić information content (AvgIpc) is 3.14. The van der Waals surface area contributed by atoms with Crippen LogP contribution in [0.4, 0.5) is 5.69 Å². The fraction of sp³-hybridized carbons (Fsp3) is 0.261. The molecule has 0 unspecified atom stereocenters. The van der Waals surface area contributed by atoms with Gasteiger partial charge in [-0.1, -0.05) is 60.7 Å². The number of anilines is 1. The Hall–Kier alpha value is -3.06. The molecule has 0 aliphatic rings. The number of thioether (sulfide) groups is 1. The van der Waals surface area contributed by atoms with Crippen molar-refractivity contribution in [2.75, 3.05) is 11.1 Å². The van der Waals surface area contributed by atoms with Gasteiger partial charge >= 0.3 is 0 Å². The van der Waals surface area contributed by atoms with Gasteiger partial charge in [0, 0.05) is 12.2 Å². The molecule has 3 aromatic rings. The van der Waals surface area contributed by atoms with E-state index in [2.05, 4.69) is 29.0 Å². The highest BCUT2D eigenvalue weighted by molar-refractivity contribution is 7.99. The molecule has 156 valence electrons. The SMILES string of the molecule is C=CCn1c(COc2ccc(C)cc2)nnc1SCC(=O)Nc1ccccc1CC. The lowest BCUT2D eigenvalue weighted by Crippen LogP contribution is -2.16. The second-order valence-electron chi connectivity index (χ2n) is 6.75. The summed E-state index contributed by atoms with van der Waals surface area (Å²) in [5, 5.41) is 12.1. The first kappa shape index (κ1) is 21.6. The van der Waals surface area contributed by atoms with E-state index in [1.807, 2.05) is 60.0 Å². The van der Waals surface area contributed by atoms with Crippen molar-refractivity contribution in [2.45, 2.75) is 38.6 Å². The third-order valence-corrected chi connectivity index (χ3v) is 5.47. The number of hydrogen-bond acceptors (Lipinski definition) is 5. The predicted octanol–water partition coefficient (Wildman–Crippen LogP) is 4.64. The van der Waals surface area contributed by atoms with E-state index in [1.54, 1.807) is 6.08 Å². The van der Waals surface area contributed by atoms with Gasteiger partial charge in [-0.2, -0.15) is 0 Å². The van der Waals surface area contributed by atoms with Gasteiger partial charge in [-0.15, -0.1) is 16.8 Å². The van der Waals surface area contributed by atoms with Crippen LogP contribution in [0.3, 0.4) is 0 Å². The van der Waals surface area contributed by atoms with Crippen molar-refractivity contribution in [3.05, 3.63) is 78.1 Å². The quantitative estimate of drug-likeness (QED) is 0.381. The highest BCUT2D eigenvalue weighted by Gasteiger charge is 2.14. The normalized spacial score (nSPS) is 10.6. The second kappa shape index (κ2) is 10.6. The molecule has 0 saturated heterocycles. The van der Waals surface area contributed by atoms with Crippen molar-refractivity contribution < 1.29 is 9.53 Å². The maximum atomic E-state index is 12.4. The van der Waals surface area contributed by atoms with Gasteiger partial charge in [0.15, 0.2) is 11.0 Å². The van der Waals surface area contributed by atoms with Crippen LogP contribution in [0.25, 0.3) is 0 Å². The lowest BCUT2D eigenvalue weighted by Gasteiger charge is -2.10. The summed E-state index contributed by atoms with van der Waals surface area (Å²) in [5.41, 5.74) is 3.14. The smallest absolute Gasteiger partial charge is 0.234 e. The lowest BCUT2D eigenvalue weighted by molar-refractivity contribution is -0.113. The Morgan fingerprint density at radius 1 is 1.20 bits per heavy atom. The summed E-state index contributed by atoms with van der Waals surface area (Å²) in [4.78, 5) is 12.4. The molecule has 1 amide bonds. The number of amides is 1. The number of allylic oxidation sites excluding steroid dienone is 1. The molecule has 30 heavy (non-hydrogen) atoms. The fourth-order valence-electron chi connectivity index (χ4n) is 2.89. The molecule has 1 N–H and O–H groups in total. The summed E-state index contributed by atoms with van der Waals surface area (Å²) >= 11 is 1.35. The van der Waals surface area contributed by atoms with Crippen molar-refractivity contribution in [3.63, 3.8) is 0 Å². The highest BCUT2D eigenvalue weighted by atomic mass is 32.2. The standard InChI is InChI=1S/C23H26N4O2S/c1-4-14-27-21(15-29-19-12-10-17(3)11-13-19)25-26-23(27)30-16-22(28)24-20-9-7-6-8-18(20)5-2/h4,6-13H,1,5,14-16H2,2-3H3,(H,24,28). The van der Waals surface area contributed by atoms with E-state index >= 15 is 0 Å². The van der Waals surface area contributed by atoms with Crippen LogP contribution in [-0.2, 0) is 24.4 Å². The van der Waals surface area contributed by atoms with E-state index in [-0.39, 0.29) is 11.7 Å². The van der Waals surface area contributed by atoms with Crippen molar-refractivity contribution in [3.8, 4) is 5.75 Å². The molecule has 6 nitrogen and oxygen atoms in total. The lowest BCUT2D eigenvalue weighted by atomic mass is 10.1. The molecule has 0 atom stereocenters. The van der Waals surface area contributed by atoms with E-state index in [9.17, 15) is 4.79 Å². The molecule has 0 saturated carbocycles. The molecule has 1 heterocycles. The van der Waals surface area contributed by atoms with E-state index in [1.165, 1.54) is 17.3 Å². The van der Waals surface area contributed by atoms with Gasteiger partial charge in [0.1, 0.15) is 12.4 Å². The first-order chi connectivity index (χ1) is 14.6. The number of rotatable bonds is 10. The number of carbonyl (C=O) groups is 1. The third kappa shape index (κ3) is 5.73. The van der Waals surface area contributed by atoms with Gasteiger partial charge in [0.2, 0.25) is 5.91 Å². The number of para-hydroxylation sites is 1. The van der Waals surface area contributed by atoms with Crippen molar-refractivity contribution >= 4 is 23.4 Å². The zero-order valence-electron chi connectivity index (χ0n) is 17.3. The Bertz CT molecular complexity index is 999. The summed E-state index contributed by atoms with van der Waals surface area (Å²) in [7, 11) is 0. The van der Waals surface area contributed by atoms with Crippen LogP contribution in [0.15, 0.2) is 66.3 Å². The Balaban J connectivity index is 1.62. The highest BCUT2D eigenvalue weighted by Crippen LogP contribution is 2.21.